The van der Waals surface area contributed by atoms with E-state index in [1.807, 2.05) is 0 Å². The summed E-state index contributed by atoms with van der Waals surface area (Å²) in [6.45, 7) is 4.65. The minimum Gasteiger partial charge on any atom is -0.126 e. The fraction of sp³-hybridized carbons (Fsp3) is 0.0678. The van der Waals surface area contributed by atoms with E-state index in [0.717, 1.165) is 12.3 Å². The Hall–Kier alpha value is -5.24. The molecule has 0 fully saturated rings. The Morgan fingerprint density at radius 3 is 0.825 bits per heavy atom. The molecule has 9 rings (SSSR count). The van der Waals surface area contributed by atoms with Crippen LogP contribution in [-0.2, 0) is 31.8 Å². The Morgan fingerprint density at radius 1 is 0.317 bits per heavy atom. The molecule has 9 aromatic rings. The van der Waals surface area contributed by atoms with E-state index in [1.165, 1.54) is 70.5 Å². The predicted molar refractivity (Wildman–Crippen MR) is 280 cm³/mol. The van der Waals surface area contributed by atoms with Crippen LogP contribution in [0.2, 0.25) is 0 Å². The van der Waals surface area contributed by atoms with Crippen LogP contribution in [-0.4, -0.2) is 0 Å². The van der Waals surface area contributed by atoms with Crippen LogP contribution >= 0.6 is 23.8 Å². The molecule has 0 atom stereocenters. The van der Waals surface area contributed by atoms with Crippen LogP contribution in [0.3, 0.4) is 0 Å². The number of hydrogen-bond donors (Lipinski definition) is 0. The maximum Gasteiger partial charge on any atom is 0.102 e. The molecule has 0 N–H and O–H groups in total. The standard InChI is InChI=1S/C41H37P2.C18H15P.Rh/c1-32-28-33(2)41(31-43(37-24-14-6-15-25-37)38-26-16-7-17-27-38)39(29-34-18-8-3-9-19-34)40(32)30-42(35-20-10-4-11-21-35)36-22-12-5-13-23-36;1-4-10-16(11-5-1)19(17-12-6-2-7-13-17)18-14-8-3-9-15-18;/h3-29H,30-31H2,1-2H3;1-15H;/q-1;;/p+3. The largest absolute Gasteiger partial charge is 0.126 e. The first-order valence-electron chi connectivity index (χ1n) is 21.6. The van der Waals surface area contributed by atoms with Crippen LogP contribution in [0.5, 0.6) is 0 Å². The van der Waals surface area contributed by atoms with Gasteiger partial charge in [0.1, 0.15) is 15.9 Å². The van der Waals surface area contributed by atoms with Gasteiger partial charge in [0.2, 0.25) is 0 Å². The molecule has 0 nitrogen and oxygen atoms in total. The summed E-state index contributed by atoms with van der Waals surface area (Å²) in [6, 6.07) is 90.6. The third-order valence-corrected chi connectivity index (χ3v) is 19.8. The van der Waals surface area contributed by atoms with E-state index in [4.69, 9.17) is 0 Å². The van der Waals surface area contributed by atoms with Crippen molar-refractivity contribution in [3.8, 4) is 0 Å². The van der Waals surface area contributed by atoms with E-state index in [0.29, 0.717) is 0 Å². The van der Waals surface area contributed by atoms with Crippen LogP contribution in [0, 0.1) is 20.3 Å². The minimum atomic E-state index is -1.06. The molecular formula is C59H55P3Rh+2. The van der Waals surface area contributed by atoms with Crippen LogP contribution in [0.1, 0.15) is 33.4 Å². The number of rotatable bonds is 13. The van der Waals surface area contributed by atoms with E-state index < -0.39 is 23.8 Å². The molecule has 9 aromatic carbocycles. The third-order valence-electron chi connectivity index (χ3n) is 11.5. The molecule has 0 spiro atoms. The van der Waals surface area contributed by atoms with Crippen molar-refractivity contribution >= 4 is 60.9 Å². The van der Waals surface area contributed by atoms with Gasteiger partial charge in [0, 0.05) is 19.5 Å². The molecule has 0 amide bonds. The average molecular weight is 960 g/mol. The Balaban J connectivity index is 0.000000248. The first-order valence-corrected chi connectivity index (χ1v) is 26.5. The molecule has 0 aliphatic rings. The molecule has 4 heteroatoms. The molecular weight excluding hydrogens is 904 g/mol. The van der Waals surface area contributed by atoms with Gasteiger partial charge < -0.3 is 0 Å². The zero-order chi connectivity index (χ0) is 42.4. The SMILES string of the molecule is Cc1cc(C)c(C[PH+](c2ccccc2)c2ccccc2)c([CH-]c2ccccc2)c1C[PH+](c1ccccc1)c1ccccc1.[Rh].c1ccc([PH+](c2ccccc2)c2ccccc2)cc1. The van der Waals surface area contributed by atoms with Crippen molar-refractivity contribution in [2.75, 3.05) is 0 Å². The van der Waals surface area contributed by atoms with Gasteiger partial charge in [0.15, 0.2) is 0 Å². The van der Waals surface area contributed by atoms with Gasteiger partial charge in [-0.25, -0.2) is 0 Å². The Labute approximate surface area is 392 Å². The summed E-state index contributed by atoms with van der Waals surface area (Å²) in [4.78, 5) is 0. The van der Waals surface area contributed by atoms with Crippen molar-refractivity contribution < 1.29 is 19.5 Å². The van der Waals surface area contributed by atoms with E-state index in [-0.39, 0.29) is 19.5 Å². The van der Waals surface area contributed by atoms with Crippen molar-refractivity contribution in [3.63, 3.8) is 0 Å². The Kier molecular flexibility index (Phi) is 17.0. The van der Waals surface area contributed by atoms with Gasteiger partial charge in [-0.05, 0) is 98.8 Å². The van der Waals surface area contributed by atoms with E-state index in [9.17, 15) is 0 Å². The second-order valence-corrected chi connectivity index (χ2v) is 23.1. The molecule has 0 unspecified atom stereocenters. The topological polar surface area (TPSA) is 0 Å². The van der Waals surface area contributed by atoms with Gasteiger partial charge in [0.25, 0.3) is 0 Å². The second kappa shape index (κ2) is 23.4. The summed E-state index contributed by atoms with van der Waals surface area (Å²) >= 11 is 0. The van der Waals surface area contributed by atoms with Crippen molar-refractivity contribution in [2.45, 2.75) is 26.2 Å². The summed E-state index contributed by atoms with van der Waals surface area (Å²) in [5.74, 6) is 0. The molecule has 0 saturated carbocycles. The second-order valence-electron chi connectivity index (χ2n) is 15.7. The zero-order valence-electron chi connectivity index (χ0n) is 36.0. The summed E-state index contributed by atoms with van der Waals surface area (Å²) < 4.78 is 0. The molecule has 0 aliphatic carbocycles. The normalized spacial score (nSPS) is 10.8. The maximum atomic E-state index is 2.47. The smallest absolute Gasteiger partial charge is 0.102 e. The fourth-order valence-electron chi connectivity index (χ4n) is 8.43. The fourth-order valence-corrected chi connectivity index (χ4v) is 16.5. The monoisotopic (exact) mass is 959 g/mol. The molecule has 0 saturated heterocycles. The van der Waals surface area contributed by atoms with Crippen LogP contribution in [0.4, 0.5) is 0 Å². The molecule has 0 aliphatic heterocycles. The van der Waals surface area contributed by atoms with Crippen molar-refractivity contribution in [1.29, 1.82) is 0 Å². The maximum absolute atomic E-state index is 2.47. The van der Waals surface area contributed by atoms with Gasteiger partial charge in [-0.1, -0.05) is 174 Å². The summed E-state index contributed by atoms with van der Waals surface area (Å²) in [6.07, 6.45) is 4.57. The first kappa shape index (κ1) is 45.8. The molecule has 63 heavy (non-hydrogen) atoms. The summed E-state index contributed by atoms with van der Waals surface area (Å²) in [5, 5.41) is 10.2. The van der Waals surface area contributed by atoms with E-state index in [2.05, 4.69) is 269 Å². The van der Waals surface area contributed by atoms with Crippen LogP contribution in [0.25, 0.3) is 0 Å². The first-order chi connectivity index (χ1) is 30.6. The summed E-state index contributed by atoms with van der Waals surface area (Å²) in [7, 11) is -3.00. The van der Waals surface area contributed by atoms with E-state index in [1.54, 1.807) is 0 Å². The Bertz CT molecular complexity index is 2420. The van der Waals surface area contributed by atoms with Crippen molar-refractivity contribution in [2.24, 2.45) is 0 Å². The van der Waals surface area contributed by atoms with Gasteiger partial charge >= 0.3 is 0 Å². The third kappa shape index (κ3) is 12.1. The van der Waals surface area contributed by atoms with Crippen LogP contribution in [0.15, 0.2) is 249 Å². The molecule has 313 valence electrons. The minimum absolute atomic E-state index is 0. The zero-order valence-corrected chi connectivity index (χ0v) is 40.6. The van der Waals surface area contributed by atoms with Gasteiger partial charge in [0.05, 0.1) is 57.3 Å². The average Bonchev–Trinajstić information content (AvgIpc) is 3.34. The van der Waals surface area contributed by atoms with Gasteiger partial charge in [-0.3, -0.25) is 0 Å². The predicted octanol–water partition coefficient (Wildman–Crippen LogP) is 11.8. The van der Waals surface area contributed by atoms with Gasteiger partial charge in [-0.15, -0.1) is 29.7 Å². The summed E-state index contributed by atoms with van der Waals surface area (Å²) in [5.41, 5.74) is 8.46. The van der Waals surface area contributed by atoms with Crippen molar-refractivity contribution in [1.82, 2.24) is 0 Å². The van der Waals surface area contributed by atoms with E-state index >= 15 is 0 Å². The quantitative estimate of drug-likeness (QED) is 0.0614. The van der Waals surface area contributed by atoms with Crippen molar-refractivity contribution in [3.05, 3.63) is 289 Å². The van der Waals surface area contributed by atoms with Gasteiger partial charge in [-0.2, -0.15) is 0 Å². The number of aryl methyl sites for hydroxylation is 2. The number of hydrogen-bond acceptors (Lipinski definition) is 0. The molecule has 1 radical (unpaired) electrons. The molecule has 0 bridgehead atoms. The number of benzene rings is 9. The Morgan fingerprint density at radius 2 is 0.556 bits per heavy atom. The van der Waals surface area contributed by atoms with Crippen LogP contribution < -0.4 is 37.1 Å². The molecule has 0 heterocycles. The molecule has 0 aromatic heterocycles.